The summed E-state index contributed by atoms with van der Waals surface area (Å²) in [5, 5.41) is 11.1. The van der Waals surface area contributed by atoms with E-state index in [0.29, 0.717) is 23.8 Å². The van der Waals surface area contributed by atoms with Crippen molar-refractivity contribution in [3.05, 3.63) is 53.5 Å². The van der Waals surface area contributed by atoms with Gasteiger partial charge in [0.15, 0.2) is 0 Å². The summed E-state index contributed by atoms with van der Waals surface area (Å²) in [6, 6.07) is 7.55. The second kappa shape index (κ2) is 8.21. The number of unbranched alkanes of at least 4 members (excludes halogenated alkanes) is 1. The number of aliphatic hydroxyl groups is 1. The Labute approximate surface area is 163 Å². The molecule has 7 nitrogen and oxygen atoms in total. The first-order valence-corrected chi connectivity index (χ1v) is 9.08. The average molecular weight is 385 g/mol. The summed E-state index contributed by atoms with van der Waals surface area (Å²) < 4.78 is 16.2. The molecule has 1 aliphatic rings. The number of rotatable bonds is 7. The molecule has 1 saturated heterocycles. The molecule has 28 heavy (non-hydrogen) atoms. The molecule has 2 aromatic rings. The molecule has 0 bridgehead atoms. The Morgan fingerprint density at radius 3 is 2.36 bits per heavy atom. The Morgan fingerprint density at radius 2 is 1.82 bits per heavy atom. The van der Waals surface area contributed by atoms with E-state index in [1.165, 1.54) is 25.4 Å². The number of likely N-dealkylation sites (tertiary alicyclic amines) is 1. The van der Waals surface area contributed by atoms with E-state index in [9.17, 15) is 14.7 Å². The van der Waals surface area contributed by atoms with E-state index in [1.54, 1.807) is 30.3 Å². The molecule has 1 fully saturated rings. The summed E-state index contributed by atoms with van der Waals surface area (Å²) in [7, 11) is 2.91. The highest BCUT2D eigenvalue weighted by Crippen LogP contribution is 2.43. The van der Waals surface area contributed by atoms with Crippen molar-refractivity contribution in [3.63, 3.8) is 0 Å². The molecule has 1 aliphatic heterocycles. The number of furan rings is 1. The molecule has 0 aliphatic carbocycles. The maximum absolute atomic E-state index is 12.9. The van der Waals surface area contributed by atoms with Gasteiger partial charge in [0, 0.05) is 6.54 Å². The molecule has 0 radical (unpaired) electrons. The quantitative estimate of drug-likeness (QED) is 0.446. The van der Waals surface area contributed by atoms with Crippen LogP contribution in [-0.4, -0.2) is 42.5 Å². The van der Waals surface area contributed by atoms with Gasteiger partial charge in [-0.15, -0.1) is 0 Å². The van der Waals surface area contributed by atoms with Gasteiger partial charge >= 0.3 is 0 Å². The fourth-order valence-corrected chi connectivity index (χ4v) is 3.40. The Morgan fingerprint density at radius 1 is 1.14 bits per heavy atom. The molecule has 1 aromatic carbocycles. The Hall–Kier alpha value is -3.22. The van der Waals surface area contributed by atoms with Crippen molar-refractivity contribution < 1.29 is 28.6 Å². The molecule has 0 saturated carbocycles. The third-order valence-electron chi connectivity index (χ3n) is 4.77. The zero-order valence-electron chi connectivity index (χ0n) is 16.1. The second-order valence-electron chi connectivity index (χ2n) is 6.40. The van der Waals surface area contributed by atoms with Crippen LogP contribution in [0.4, 0.5) is 0 Å². The van der Waals surface area contributed by atoms with Gasteiger partial charge in [-0.05, 0) is 30.7 Å². The molecule has 1 aromatic heterocycles. The van der Waals surface area contributed by atoms with Gasteiger partial charge in [-0.3, -0.25) is 9.59 Å². The van der Waals surface area contributed by atoms with Crippen LogP contribution in [0.15, 0.2) is 46.6 Å². The maximum atomic E-state index is 12.9. The van der Waals surface area contributed by atoms with E-state index in [2.05, 4.69) is 0 Å². The minimum atomic E-state index is -0.809. The number of amides is 1. The van der Waals surface area contributed by atoms with Crippen LogP contribution in [0.3, 0.4) is 0 Å². The molecule has 1 amide bonds. The largest absolute Gasteiger partial charge is 0.506 e. The van der Waals surface area contributed by atoms with Gasteiger partial charge in [-0.2, -0.15) is 0 Å². The van der Waals surface area contributed by atoms with Crippen molar-refractivity contribution in [1.82, 2.24) is 4.90 Å². The summed E-state index contributed by atoms with van der Waals surface area (Å²) >= 11 is 0. The number of benzene rings is 1. The molecule has 0 spiro atoms. The predicted molar refractivity (Wildman–Crippen MR) is 102 cm³/mol. The lowest BCUT2D eigenvalue weighted by atomic mass is 9.98. The molecule has 3 rings (SSSR count). The molecule has 1 atom stereocenters. The van der Waals surface area contributed by atoms with E-state index in [4.69, 9.17) is 13.9 Å². The van der Waals surface area contributed by atoms with E-state index < -0.39 is 17.7 Å². The van der Waals surface area contributed by atoms with Gasteiger partial charge in [0.1, 0.15) is 34.6 Å². The van der Waals surface area contributed by atoms with E-state index in [-0.39, 0.29) is 16.9 Å². The Bertz CT molecular complexity index is 877. The second-order valence-corrected chi connectivity index (χ2v) is 6.40. The molecule has 148 valence electrons. The topological polar surface area (TPSA) is 89.2 Å². The SMILES string of the molecule is CCCCN1C(=O)C(=O)/C(=C(/O)c2c(OC)cccc2OC)C1c1ccco1. The lowest BCUT2D eigenvalue weighted by Crippen LogP contribution is -2.30. The summed E-state index contributed by atoms with van der Waals surface area (Å²) in [6.45, 7) is 2.38. The van der Waals surface area contributed by atoms with Crippen molar-refractivity contribution in [2.24, 2.45) is 0 Å². The standard InChI is InChI=1S/C21H23NO6/c1-4-5-11-22-18(15-10-7-12-28-15)17(20(24)21(22)25)19(23)16-13(26-2)8-6-9-14(16)27-3/h6-10,12,18,23H,4-5,11H2,1-3H3/b19-17+. The van der Waals surface area contributed by atoms with Crippen LogP contribution < -0.4 is 9.47 Å². The van der Waals surface area contributed by atoms with Gasteiger partial charge in [0.05, 0.1) is 26.1 Å². The smallest absolute Gasteiger partial charge is 0.295 e. The number of hydrogen-bond acceptors (Lipinski definition) is 6. The molecule has 2 heterocycles. The van der Waals surface area contributed by atoms with Crippen LogP contribution in [-0.2, 0) is 9.59 Å². The zero-order valence-corrected chi connectivity index (χ0v) is 16.1. The monoisotopic (exact) mass is 385 g/mol. The summed E-state index contributed by atoms with van der Waals surface area (Å²) in [6.07, 6.45) is 3.05. The highest BCUT2D eigenvalue weighted by molar-refractivity contribution is 6.46. The number of aliphatic hydroxyl groups excluding tert-OH is 1. The normalized spacial score (nSPS) is 18.5. The van der Waals surface area contributed by atoms with E-state index >= 15 is 0 Å². The fraction of sp³-hybridized carbons (Fsp3) is 0.333. The molecule has 7 heteroatoms. The number of carbonyl (C=O) groups is 2. The predicted octanol–water partition coefficient (Wildman–Crippen LogP) is 3.52. The third-order valence-corrected chi connectivity index (χ3v) is 4.77. The number of hydrogen-bond donors (Lipinski definition) is 1. The van der Waals surface area contributed by atoms with Crippen LogP contribution >= 0.6 is 0 Å². The maximum Gasteiger partial charge on any atom is 0.295 e. The van der Waals surface area contributed by atoms with Crippen molar-refractivity contribution in [1.29, 1.82) is 0 Å². The number of carbonyl (C=O) groups excluding carboxylic acids is 2. The zero-order chi connectivity index (χ0) is 20.3. The van der Waals surface area contributed by atoms with E-state index in [1.807, 2.05) is 6.92 Å². The number of ether oxygens (including phenoxy) is 2. The molecular weight excluding hydrogens is 362 g/mol. The number of Topliss-reactive ketones (excluding diaryl/α,β-unsaturated/α-hetero) is 1. The van der Waals surface area contributed by atoms with Gasteiger partial charge in [0.25, 0.3) is 11.7 Å². The minimum absolute atomic E-state index is 0.0427. The van der Waals surface area contributed by atoms with Crippen molar-refractivity contribution in [2.45, 2.75) is 25.8 Å². The lowest BCUT2D eigenvalue weighted by Gasteiger charge is -2.23. The van der Waals surface area contributed by atoms with Gasteiger partial charge in [-0.1, -0.05) is 19.4 Å². The minimum Gasteiger partial charge on any atom is -0.506 e. The Balaban J connectivity index is 2.23. The summed E-state index contributed by atoms with van der Waals surface area (Å²) in [5.74, 6) is -0.711. The van der Waals surface area contributed by atoms with Crippen molar-refractivity contribution >= 4 is 17.4 Å². The first kappa shape index (κ1) is 19.5. The van der Waals surface area contributed by atoms with E-state index in [0.717, 1.165) is 12.8 Å². The fourth-order valence-electron chi connectivity index (χ4n) is 3.40. The molecule has 1 unspecified atom stereocenters. The van der Waals surface area contributed by atoms with Crippen molar-refractivity contribution in [3.8, 4) is 11.5 Å². The first-order valence-electron chi connectivity index (χ1n) is 9.08. The lowest BCUT2D eigenvalue weighted by molar-refractivity contribution is -0.140. The van der Waals surface area contributed by atoms with Crippen LogP contribution in [0.25, 0.3) is 5.76 Å². The van der Waals surface area contributed by atoms with Crippen molar-refractivity contribution in [2.75, 3.05) is 20.8 Å². The van der Waals surface area contributed by atoms with Crippen LogP contribution in [0.2, 0.25) is 0 Å². The third kappa shape index (κ3) is 3.24. The van der Waals surface area contributed by atoms with Gasteiger partial charge < -0.3 is 23.9 Å². The van der Waals surface area contributed by atoms with Crippen LogP contribution in [0.1, 0.15) is 37.1 Å². The molecular formula is C21H23NO6. The number of nitrogens with zero attached hydrogens (tertiary/aromatic N) is 1. The van der Waals surface area contributed by atoms with Gasteiger partial charge in [-0.25, -0.2) is 0 Å². The van der Waals surface area contributed by atoms with Crippen LogP contribution in [0, 0.1) is 0 Å². The number of methoxy groups -OCH3 is 2. The first-order chi connectivity index (χ1) is 13.5. The number of ketones is 1. The van der Waals surface area contributed by atoms with Crippen LogP contribution in [0.5, 0.6) is 11.5 Å². The Kier molecular flexibility index (Phi) is 5.73. The van der Waals surface area contributed by atoms with Gasteiger partial charge in [0.2, 0.25) is 0 Å². The summed E-state index contributed by atoms with van der Waals surface area (Å²) in [4.78, 5) is 27.0. The average Bonchev–Trinajstić information content (AvgIpc) is 3.32. The highest BCUT2D eigenvalue weighted by Gasteiger charge is 2.47. The highest BCUT2D eigenvalue weighted by atomic mass is 16.5. The molecule has 1 N–H and O–H groups in total. The summed E-state index contributed by atoms with van der Waals surface area (Å²) in [5.41, 5.74) is 0.177.